The van der Waals surface area contributed by atoms with E-state index in [0.717, 1.165) is 18.8 Å². The summed E-state index contributed by atoms with van der Waals surface area (Å²) in [7, 11) is 1.62. The Balaban J connectivity index is 2.08. The zero-order valence-corrected chi connectivity index (χ0v) is 10.3. The van der Waals surface area contributed by atoms with Gasteiger partial charge in [0.25, 0.3) is 0 Å². The van der Waals surface area contributed by atoms with Crippen LogP contribution in [0.4, 0.5) is 0 Å². The molecule has 16 heavy (non-hydrogen) atoms. The first-order chi connectivity index (χ1) is 7.72. The topological polar surface area (TPSA) is 47.6 Å². The summed E-state index contributed by atoms with van der Waals surface area (Å²) >= 11 is 0. The van der Waals surface area contributed by atoms with Gasteiger partial charge in [-0.15, -0.1) is 0 Å². The summed E-state index contributed by atoms with van der Waals surface area (Å²) in [6.45, 7) is 3.40. The lowest BCUT2D eigenvalue weighted by atomic mass is 9.87. The lowest BCUT2D eigenvalue weighted by molar-refractivity contribution is -0.127. The molecule has 1 amide bonds. The Morgan fingerprint density at radius 3 is 2.88 bits per heavy atom. The van der Waals surface area contributed by atoms with Crippen LogP contribution in [0.5, 0.6) is 0 Å². The molecule has 0 heterocycles. The third-order valence-electron chi connectivity index (χ3n) is 2.97. The highest BCUT2D eigenvalue weighted by molar-refractivity contribution is 5.77. The molecule has 1 saturated carbocycles. The van der Waals surface area contributed by atoms with E-state index in [1.54, 1.807) is 7.11 Å². The molecular weight excluding hydrogens is 206 g/mol. The van der Waals surface area contributed by atoms with Crippen LogP contribution in [0.3, 0.4) is 0 Å². The highest BCUT2D eigenvalue weighted by atomic mass is 16.5. The molecule has 0 unspecified atom stereocenters. The Morgan fingerprint density at radius 2 is 2.19 bits per heavy atom. The molecule has 0 radical (unpaired) electrons. The Kier molecular flexibility index (Phi) is 6.42. The minimum Gasteiger partial charge on any atom is -0.382 e. The normalized spacial score (nSPS) is 25.4. The number of hydrogen-bond donors (Lipinski definition) is 1. The van der Waals surface area contributed by atoms with E-state index in [2.05, 4.69) is 12.2 Å². The van der Waals surface area contributed by atoms with Gasteiger partial charge in [-0.1, -0.05) is 19.8 Å². The number of hydrogen-bond acceptors (Lipinski definition) is 3. The number of carbonyl (C=O) groups excluding carboxylic acids is 1. The average molecular weight is 229 g/mol. The van der Waals surface area contributed by atoms with Crippen LogP contribution >= 0.6 is 0 Å². The largest absolute Gasteiger partial charge is 0.382 e. The van der Waals surface area contributed by atoms with Gasteiger partial charge in [-0.3, -0.25) is 4.79 Å². The molecule has 0 saturated heterocycles. The van der Waals surface area contributed by atoms with E-state index in [-0.39, 0.29) is 12.5 Å². The molecular formula is C12H23NO3. The highest BCUT2D eigenvalue weighted by Crippen LogP contribution is 2.23. The van der Waals surface area contributed by atoms with Crippen molar-refractivity contribution in [3.8, 4) is 0 Å². The molecule has 0 aromatic carbocycles. The fourth-order valence-corrected chi connectivity index (χ4v) is 2.14. The van der Waals surface area contributed by atoms with Crippen molar-refractivity contribution < 1.29 is 14.3 Å². The minimum atomic E-state index is -0.00444. The second-order valence-corrected chi connectivity index (χ2v) is 4.58. The first-order valence-electron chi connectivity index (χ1n) is 6.08. The van der Waals surface area contributed by atoms with Gasteiger partial charge in [-0.2, -0.15) is 0 Å². The van der Waals surface area contributed by atoms with Crippen LogP contribution < -0.4 is 5.32 Å². The van der Waals surface area contributed by atoms with Gasteiger partial charge in [0.15, 0.2) is 0 Å². The molecule has 0 aliphatic heterocycles. The van der Waals surface area contributed by atoms with Crippen molar-refractivity contribution in [2.75, 3.05) is 26.9 Å². The molecule has 1 aliphatic rings. The van der Waals surface area contributed by atoms with Crippen LogP contribution in [0.25, 0.3) is 0 Å². The summed E-state index contributed by atoms with van der Waals surface area (Å²) in [5.74, 6) is 0.726. The van der Waals surface area contributed by atoms with Crippen LogP contribution in [-0.4, -0.2) is 38.9 Å². The predicted octanol–water partition coefficient (Wildman–Crippen LogP) is 1.34. The van der Waals surface area contributed by atoms with E-state index in [0.29, 0.717) is 19.3 Å². The Morgan fingerprint density at radius 1 is 1.38 bits per heavy atom. The van der Waals surface area contributed by atoms with E-state index in [1.807, 2.05) is 0 Å². The van der Waals surface area contributed by atoms with E-state index in [4.69, 9.17) is 9.47 Å². The number of nitrogens with one attached hydrogen (secondary N) is 1. The van der Waals surface area contributed by atoms with Gasteiger partial charge in [0.1, 0.15) is 6.61 Å². The number of methoxy groups -OCH3 is 1. The standard InChI is InChI=1S/C12H23NO3/c1-10-4-3-5-11(8-10)13-12(14)9-16-7-6-15-2/h10-11H,3-9H2,1-2H3,(H,13,14)/t10-,11-/m0/s1. The maximum Gasteiger partial charge on any atom is 0.246 e. The maximum absolute atomic E-state index is 11.5. The summed E-state index contributed by atoms with van der Waals surface area (Å²) in [5, 5.41) is 3.02. The second-order valence-electron chi connectivity index (χ2n) is 4.58. The first-order valence-corrected chi connectivity index (χ1v) is 6.08. The smallest absolute Gasteiger partial charge is 0.246 e. The van der Waals surface area contributed by atoms with Crippen molar-refractivity contribution in [1.82, 2.24) is 5.32 Å². The average Bonchev–Trinajstić information content (AvgIpc) is 2.24. The van der Waals surface area contributed by atoms with E-state index >= 15 is 0 Å². The van der Waals surface area contributed by atoms with E-state index in [1.165, 1.54) is 12.8 Å². The highest BCUT2D eigenvalue weighted by Gasteiger charge is 2.20. The number of ether oxygens (including phenoxy) is 2. The molecule has 94 valence electrons. The van der Waals surface area contributed by atoms with Crippen LogP contribution in [0.1, 0.15) is 32.6 Å². The summed E-state index contributed by atoms with van der Waals surface area (Å²) in [6, 6.07) is 0.349. The van der Waals surface area contributed by atoms with Crippen molar-refractivity contribution in [2.45, 2.75) is 38.6 Å². The lowest BCUT2D eigenvalue weighted by Gasteiger charge is -2.27. The third-order valence-corrected chi connectivity index (χ3v) is 2.97. The SMILES string of the molecule is COCCOCC(=O)N[C@H]1CCC[C@H](C)C1. The van der Waals surface area contributed by atoms with Gasteiger partial charge in [-0.05, 0) is 18.8 Å². The van der Waals surface area contributed by atoms with Crippen LogP contribution in [0.2, 0.25) is 0 Å². The van der Waals surface area contributed by atoms with Gasteiger partial charge in [-0.25, -0.2) is 0 Å². The summed E-state index contributed by atoms with van der Waals surface area (Å²) in [4.78, 5) is 11.5. The fourth-order valence-electron chi connectivity index (χ4n) is 2.14. The molecule has 1 fully saturated rings. The summed E-state index contributed by atoms with van der Waals surface area (Å²) < 4.78 is 10.00. The van der Waals surface area contributed by atoms with Crippen molar-refractivity contribution in [2.24, 2.45) is 5.92 Å². The molecule has 0 spiro atoms. The van der Waals surface area contributed by atoms with Crippen molar-refractivity contribution in [1.29, 1.82) is 0 Å². The van der Waals surface area contributed by atoms with Gasteiger partial charge >= 0.3 is 0 Å². The number of carbonyl (C=O) groups is 1. The fraction of sp³-hybridized carbons (Fsp3) is 0.917. The summed E-state index contributed by atoms with van der Waals surface area (Å²) in [5.41, 5.74) is 0. The zero-order chi connectivity index (χ0) is 11.8. The molecule has 1 N–H and O–H groups in total. The molecule has 1 aliphatic carbocycles. The van der Waals surface area contributed by atoms with Crippen LogP contribution in [-0.2, 0) is 14.3 Å². The lowest BCUT2D eigenvalue weighted by Crippen LogP contribution is -2.40. The van der Waals surface area contributed by atoms with E-state index in [9.17, 15) is 4.79 Å². The summed E-state index contributed by atoms with van der Waals surface area (Å²) in [6.07, 6.45) is 4.71. The molecule has 4 nitrogen and oxygen atoms in total. The molecule has 0 aromatic rings. The van der Waals surface area contributed by atoms with Gasteiger partial charge in [0.2, 0.25) is 5.91 Å². The molecule has 1 rings (SSSR count). The van der Waals surface area contributed by atoms with Gasteiger partial charge < -0.3 is 14.8 Å². The van der Waals surface area contributed by atoms with Crippen LogP contribution in [0, 0.1) is 5.92 Å². The zero-order valence-electron chi connectivity index (χ0n) is 10.3. The number of amides is 1. The third kappa shape index (κ3) is 5.47. The monoisotopic (exact) mass is 229 g/mol. The second kappa shape index (κ2) is 7.63. The quantitative estimate of drug-likeness (QED) is 0.699. The first kappa shape index (κ1) is 13.5. The van der Waals surface area contributed by atoms with Gasteiger partial charge in [0, 0.05) is 13.2 Å². The van der Waals surface area contributed by atoms with E-state index < -0.39 is 0 Å². The van der Waals surface area contributed by atoms with Crippen molar-refractivity contribution in [3.63, 3.8) is 0 Å². The molecule has 0 aromatic heterocycles. The van der Waals surface area contributed by atoms with Crippen molar-refractivity contribution >= 4 is 5.91 Å². The predicted molar refractivity (Wildman–Crippen MR) is 62.3 cm³/mol. The Labute approximate surface area is 97.7 Å². The van der Waals surface area contributed by atoms with Crippen LogP contribution in [0.15, 0.2) is 0 Å². The Hall–Kier alpha value is -0.610. The Bertz CT molecular complexity index is 208. The van der Waals surface area contributed by atoms with Gasteiger partial charge in [0.05, 0.1) is 13.2 Å². The minimum absolute atomic E-state index is 0.00444. The maximum atomic E-state index is 11.5. The van der Waals surface area contributed by atoms with Crippen molar-refractivity contribution in [3.05, 3.63) is 0 Å². The molecule has 2 atom stereocenters. The molecule has 4 heteroatoms. The molecule has 0 bridgehead atoms. The number of rotatable bonds is 6.